The standard InChI is InChI=1S/C18H20ClN3O2S/c1-4-22-17-11-12(2)5-10-16(17)20-18(22)13(3)21-25(23,24)15-8-6-14(19)7-9-15/h5-11,13,21H,4H2,1-3H3. The molecule has 0 saturated carbocycles. The fourth-order valence-corrected chi connectivity index (χ4v) is 4.21. The van der Waals surface area contributed by atoms with Crippen LogP contribution in [0.25, 0.3) is 11.0 Å². The molecule has 1 aromatic heterocycles. The molecule has 1 atom stereocenters. The number of nitrogens with one attached hydrogen (secondary N) is 1. The van der Waals surface area contributed by atoms with Crippen LogP contribution in [0.1, 0.15) is 31.3 Å². The van der Waals surface area contributed by atoms with Gasteiger partial charge in [0.05, 0.1) is 22.0 Å². The van der Waals surface area contributed by atoms with Crippen LogP contribution in [0.3, 0.4) is 0 Å². The van der Waals surface area contributed by atoms with Crippen LogP contribution in [0.2, 0.25) is 5.02 Å². The van der Waals surface area contributed by atoms with Crippen LogP contribution >= 0.6 is 11.6 Å². The van der Waals surface area contributed by atoms with E-state index in [-0.39, 0.29) is 4.90 Å². The summed E-state index contributed by atoms with van der Waals surface area (Å²) in [5.74, 6) is 0.695. The van der Waals surface area contributed by atoms with Crippen molar-refractivity contribution >= 4 is 32.7 Å². The number of rotatable bonds is 5. The van der Waals surface area contributed by atoms with Crippen molar-refractivity contribution in [2.75, 3.05) is 0 Å². The Hall–Kier alpha value is -1.89. The Labute approximate surface area is 152 Å². The van der Waals surface area contributed by atoms with Gasteiger partial charge in [0.2, 0.25) is 10.0 Å². The van der Waals surface area contributed by atoms with Gasteiger partial charge < -0.3 is 4.57 Å². The molecule has 1 heterocycles. The fraction of sp³-hybridized carbons (Fsp3) is 0.278. The number of hydrogen-bond acceptors (Lipinski definition) is 3. The third kappa shape index (κ3) is 3.56. The van der Waals surface area contributed by atoms with Crippen LogP contribution in [0, 0.1) is 6.92 Å². The third-order valence-electron chi connectivity index (χ3n) is 4.09. The number of halogens is 1. The highest BCUT2D eigenvalue weighted by Gasteiger charge is 2.22. The maximum absolute atomic E-state index is 12.6. The lowest BCUT2D eigenvalue weighted by Crippen LogP contribution is -2.28. The maximum Gasteiger partial charge on any atom is 0.241 e. The number of fused-ring (bicyclic) bond motifs is 1. The summed E-state index contributed by atoms with van der Waals surface area (Å²) in [5, 5.41) is 0.496. The first-order valence-corrected chi connectivity index (χ1v) is 9.92. The number of benzene rings is 2. The van der Waals surface area contributed by atoms with E-state index >= 15 is 0 Å². The summed E-state index contributed by atoms with van der Waals surface area (Å²) in [6, 6.07) is 11.7. The molecule has 0 aliphatic carbocycles. The summed E-state index contributed by atoms with van der Waals surface area (Å²) < 4.78 is 30.0. The van der Waals surface area contributed by atoms with Crippen molar-refractivity contribution in [1.29, 1.82) is 0 Å². The van der Waals surface area contributed by atoms with Crippen molar-refractivity contribution in [1.82, 2.24) is 14.3 Å². The van der Waals surface area contributed by atoms with Crippen molar-refractivity contribution in [2.24, 2.45) is 0 Å². The molecule has 0 spiro atoms. The molecule has 0 fully saturated rings. The molecular formula is C18H20ClN3O2S. The minimum atomic E-state index is -3.66. The molecule has 5 nitrogen and oxygen atoms in total. The van der Waals surface area contributed by atoms with Crippen molar-refractivity contribution in [3.63, 3.8) is 0 Å². The molecule has 0 aliphatic heterocycles. The summed E-state index contributed by atoms with van der Waals surface area (Å²) in [7, 11) is -3.66. The van der Waals surface area contributed by atoms with Gasteiger partial charge in [-0.05, 0) is 62.7 Å². The van der Waals surface area contributed by atoms with Crippen LogP contribution in [0.15, 0.2) is 47.4 Å². The lowest BCUT2D eigenvalue weighted by atomic mass is 10.2. The summed E-state index contributed by atoms with van der Waals surface area (Å²) in [6.07, 6.45) is 0. The number of nitrogens with zero attached hydrogens (tertiary/aromatic N) is 2. The fourth-order valence-electron chi connectivity index (χ4n) is 2.88. The second kappa shape index (κ2) is 6.78. The van der Waals surface area contributed by atoms with E-state index in [9.17, 15) is 8.42 Å². The predicted molar refractivity (Wildman–Crippen MR) is 100 cm³/mol. The largest absolute Gasteiger partial charge is 0.327 e. The van der Waals surface area contributed by atoms with Crippen LogP contribution < -0.4 is 4.72 Å². The van der Waals surface area contributed by atoms with E-state index in [1.54, 1.807) is 19.1 Å². The molecule has 0 aliphatic rings. The minimum absolute atomic E-state index is 0.179. The second-order valence-corrected chi connectivity index (χ2v) is 8.15. The minimum Gasteiger partial charge on any atom is -0.327 e. The quantitative estimate of drug-likeness (QED) is 0.729. The summed E-state index contributed by atoms with van der Waals surface area (Å²) in [6.45, 7) is 6.56. The summed E-state index contributed by atoms with van der Waals surface area (Å²) in [5.41, 5.74) is 3.01. The van der Waals surface area contributed by atoms with Gasteiger partial charge in [-0.3, -0.25) is 0 Å². The Morgan fingerprint density at radius 1 is 1.20 bits per heavy atom. The zero-order valence-electron chi connectivity index (χ0n) is 14.3. The van der Waals surface area contributed by atoms with Crippen LogP contribution in [-0.2, 0) is 16.6 Å². The molecule has 1 N–H and O–H groups in total. The average Bonchev–Trinajstić information content (AvgIpc) is 2.92. The second-order valence-electron chi connectivity index (χ2n) is 6.00. The van der Waals surface area contributed by atoms with Gasteiger partial charge in [-0.2, -0.15) is 0 Å². The van der Waals surface area contributed by atoms with Gasteiger partial charge in [0, 0.05) is 11.6 Å². The SMILES string of the molecule is CCn1c(C(C)NS(=O)(=O)c2ccc(Cl)cc2)nc2ccc(C)cc21. The van der Waals surface area contributed by atoms with Crippen molar-refractivity contribution in [2.45, 2.75) is 38.3 Å². The lowest BCUT2D eigenvalue weighted by Gasteiger charge is -2.15. The van der Waals surface area contributed by atoms with E-state index in [1.165, 1.54) is 12.1 Å². The number of imidazole rings is 1. The van der Waals surface area contributed by atoms with E-state index in [0.717, 1.165) is 16.6 Å². The van der Waals surface area contributed by atoms with Gasteiger partial charge in [-0.15, -0.1) is 0 Å². The number of aromatic nitrogens is 2. The zero-order chi connectivity index (χ0) is 18.2. The molecule has 3 aromatic rings. The first-order valence-electron chi connectivity index (χ1n) is 8.06. The number of hydrogen-bond donors (Lipinski definition) is 1. The topological polar surface area (TPSA) is 64.0 Å². The molecule has 0 saturated heterocycles. The molecule has 132 valence electrons. The molecule has 25 heavy (non-hydrogen) atoms. The maximum atomic E-state index is 12.6. The Kier molecular flexibility index (Phi) is 4.86. The van der Waals surface area contributed by atoms with E-state index < -0.39 is 16.1 Å². The lowest BCUT2D eigenvalue weighted by molar-refractivity contribution is 0.549. The van der Waals surface area contributed by atoms with Gasteiger partial charge in [0.25, 0.3) is 0 Å². The van der Waals surface area contributed by atoms with Crippen molar-refractivity contribution in [3.8, 4) is 0 Å². The molecule has 7 heteroatoms. The first-order chi connectivity index (χ1) is 11.8. The van der Waals surface area contributed by atoms with Crippen LogP contribution in [0.4, 0.5) is 0 Å². The molecular weight excluding hydrogens is 358 g/mol. The first kappa shape index (κ1) is 17.9. The molecule has 0 radical (unpaired) electrons. The average molecular weight is 378 g/mol. The molecule has 3 rings (SSSR count). The Morgan fingerprint density at radius 2 is 1.88 bits per heavy atom. The number of aryl methyl sites for hydroxylation is 2. The van der Waals surface area contributed by atoms with Gasteiger partial charge in [0.15, 0.2) is 0 Å². The highest BCUT2D eigenvalue weighted by atomic mass is 35.5. The van der Waals surface area contributed by atoms with Gasteiger partial charge in [0.1, 0.15) is 5.82 Å². The molecule has 2 aromatic carbocycles. The summed E-state index contributed by atoms with van der Waals surface area (Å²) in [4.78, 5) is 4.81. The van der Waals surface area contributed by atoms with Crippen molar-refractivity contribution < 1.29 is 8.42 Å². The highest BCUT2D eigenvalue weighted by molar-refractivity contribution is 7.89. The van der Waals surface area contributed by atoms with Crippen molar-refractivity contribution in [3.05, 3.63) is 58.9 Å². The van der Waals surface area contributed by atoms with Crippen LogP contribution in [0.5, 0.6) is 0 Å². The summed E-state index contributed by atoms with van der Waals surface area (Å²) >= 11 is 5.83. The van der Waals surface area contributed by atoms with E-state index in [2.05, 4.69) is 15.8 Å². The predicted octanol–water partition coefficient (Wildman–Crippen LogP) is 4.06. The molecule has 0 amide bonds. The third-order valence-corrected chi connectivity index (χ3v) is 5.90. The van der Waals surface area contributed by atoms with E-state index in [4.69, 9.17) is 11.6 Å². The van der Waals surface area contributed by atoms with Gasteiger partial charge in [-0.25, -0.2) is 18.1 Å². The van der Waals surface area contributed by atoms with E-state index in [1.807, 2.05) is 30.5 Å². The van der Waals surface area contributed by atoms with E-state index in [0.29, 0.717) is 17.4 Å². The zero-order valence-corrected chi connectivity index (χ0v) is 15.9. The monoisotopic (exact) mass is 377 g/mol. The number of sulfonamides is 1. The molecule has 0 bridgehead atoms. The van der Waals surface area contributed by atoms with Gasteiger partial charge in [-0.1, -0.05) is 17.7 Å². The van der Waals surface area contributed by atoms with Gasteiger partial charge >= 0.3 is 0 Å². The highest BCUT2D eigenvalue weighted by Crippen LogP contribution is 2.23. The normalized spacial score (nSPS) is 13.3. The van der Waals surface area contributed by atoms with Crippen LogP contribution in [-0.4, -0.2) is 18.0 Å². The smallest absolute Gasteiger partial charge is 0.241 e. The Balaban J connectivity index is 1.96. The Bertz CT molecular complexity index is 1010. The Morgan fingerprint density at radius 3 is 2.52 bits per heavy atom. The molecule has 1 unspecified atom stereocenters.